The van der Waals surface area contributed by atoms with Crippen LogP contribution in [0.25, 0.3) is 0 Å². The molecule has 0 aliphatic rings. The summed E-state index contributed by atoms with van der Waals surface area (Å²) in [5.41, 5.74) is 0.476. The molecule has 2 aromatic heterocycles. The Hall–Kier alpha value is -3.67. The van der Waals surface area contributed by atoms with E-state index >= 15 is 0 Å². The van der Waals surface area contributed by atoms with Gasteiger partial charge in [0.25, 0.3) is 5.91 Å². The summed E-state index contributed by atoms with van der Waals surface area (Å²) in [6, 6.07) is 14.1. The van der Waals surface area contributed by atoms with Crippen molar-refractivity contribution in [2.24, 2.45) is 0 Å². The SMILES string of the molecule is N#Cc1ccc(OCc2ccc(C(=O)N(Cc3ccco3)CC(F)(F)F)o2)cc1. The lowest BCUT2D eigenvalue weighted by Crippen LogP contribution is -2.38. The van der Waals surface area contributed by atoms with Crippen LogP contribution < -0.4 is 4.74 Å². The van der Waals surface area contributed by atoms with E-state index in [9.17, 15) is 18.0 Å². The van der Waals surface area contributed by atoms with E-state index in [0.717, 1.165) is 0 Å². The molecule has 1 amide bonds. The van der Waals surface area contributed by atoms with E-state index in [2.05, 4.69) is 0 Å². The molecule has 0 aliphatic heterocycles. The van der Waals surface area contributed by atoms with E-state index in [1.165, 1.54) is 30.5 Å². The Balaban J connectivity index is 1.67. The van der Waals surface area contributed by atoms with Crippen LogP contribution in [0, 0.1) is 11.3 Å². The Morgan fingerprint density at radius 1 is 1.10 bits per heavy atom. The normalized spacial score (nSPS) is 11.1. The highest BCUT2D eigenvalue weighted by Crippen LogP contribution is 2.22. The van der Waals surface area contributed by atoms with Crippen molar-refractivity contribution >= 4 is 5.91 Å². The molecule has 0 saturated carbocycles. The van der Waals surface area contributed by atoms with Crippen molar-refractivity contribution in [1.82, 2.24) is 4.90 Å². The maximum Gasteiger partial charge on any atom is 0.406 e. The summed E-state index contributed by atoms with van der Waals surface area (Å²) in [4.78, 5) is 13.1. The molecule has 29 heavy (non-hydrogen) atoms. The number of benzene rings is 1. The van der Waals surface area contributed by atoms with Crippen LogP contribution >= 0.6 is 0 Å². The first-order chi connectivity index (χ1) is 13.8. The van der Waals surface area contributed by atoms with Gasteiger partial charge in [0.15, 0.2) is 5.76 Å². The van der Waals surface area contributed by atoms with E-state index in [4.69, 9.17) is 18.8 Å². The molecule has 9 heteroatoms. The quantitative estimate of drug-likeness (QED) is 0.578. The molecule has 0 aliphatic carbocycles. The number of nitriles is 1. The molecule has 150 valence electrons. The third kappa shape index (κ3) is 5.65. The number of alkyl halides is 3. The molecule has 0 N–H and O–H groups in total. The maximum absolute atomic E-state index is 12.9. The molecule has 1 aromatic carbocycles. The van der Waals surface area contributed by atoms with E-state index in [0.29, 0.717) is 16.2 Å². The number of ether oxygens (including phenoxy) is 1. The van der Waals surface area contributed by atoms with Gasteiger partial charge in [0.1, 0.15) is 30.4 Å². The van der Waals surface area contributed by atoms with Gasteiger partial charge in [0.05, 0.1) is 24.4 Å². The van der Waals surface area contributed by atoms with E-state index < -0.39 is 18.6 Å². The Kier molecular flexibility index (Phi) is 5.93. The van der Waals surface area contributed by atoms with Gasteiger partial charge in [0.2, 0.25) is 0 Å². The Bertz CT molecular complexity index is 986. The number of amides is 1. The summed E-state index contributed by atoms with van der Waals surface area (Å²) in [6.45, 7) is -1.82. The van der Waals surface area contributed by atoms with Gasteiger partial charge >= 0.3 is 6.18 Å². The lowest BCUT2D eigenvalue weighted by Gasteiger charge is -2.22. The minimum absolute atomic E-state index is 0.0311. The zero-order chi connectivity index (χ0) is 20.9. The van der Waals surface area contributed by atoms with Crippen LogP contribution in [-0.2, 0) is 13.2 Å². The molecule has 0 radical (unpaired) electrons. The number of halogens is 3. The molecule has 0 unspecified atom stereocenters. The number of carbonyl (C=O) groups excluding carboxylic acids is 1. The highest BCUT2D eigenvalue weighted by Gasteiger charge is 2.34. The third-order valence-corrected chi connectivity index (χ3v) is 3.82. The molecule has 0 fully saturated rings. The van der Waals surface area contributed by atoms with Gasteiger partial charge in [-0.25, -0.2) is 0 Å². The summed E-state index contributed by atoms with van der Waals surface area (Å²) in [5.74, 6) is -0.187. The van der Waals surface area contributed by atoms with Crippen LogP contribution in [-0.4, -0.2) is 23.5 Å². The highest BCUT2D eigenvalue weighted by molar-refractivity contribution is 5.91. The molecular formula is C20H15F3N2O4. The summed E-state index contributed by atoms with van der Waals surface area (Å²) in [7, 11) is 0. The lowest BCUT2D eigenvalue weighted by molar-refractivity contribution is -0.142. The van der Waals surface area contributed by atoms with Gasteiger partial charge in [-0.2, -0.15) is 18.4 Å². The summed E-state index contributed by atoms with van der Waals surface area (Å²) >= 11 is 0. The van der Waals surface area contributed by atoms with Gasteiger partial charge in [-0.05, 0) is 48.5 Å². The van der Waals surface area contributed by atoms with E-state index in [1.807, 2.05) is 6.07 Å². The van der Waals surface area contributed by atoms with Crippen molar-refractivity contribution < 1.29 is 31.5 Å². The highest BCUT2D eigenvalue weighted by atomic mass is 19.4. The first-order valence-electron chi connectivity index (χ1n) is 8.44. The van der Waals surface area contributed by atoms with Crippen LogP contribution in [0.15, 0.2) is 63.6 Å². The summed E-state index contributed by atoms with van der Waals surface area (Å²) in [6.07, 6.45) is -3.26. The van der Waals surface area contributed by atoms with Crippen LogP contribution in [0.2, 0.25) is 0 Å². The average molecular weight is 404 g/mol. The van der Waals surface area contributed by atoms with Crippen LogP contribution in [0.1, 0.15) is 27.6 Å². The largest absolute Gasteiger partial charge is 0.486 e. The van der Waals surface area contributed by atoms with Crippen LogP contribution in [0.5, 0.6) is 5.75 Å². The molecule has 0 bridgehead atoms. The van der Waals surface area contributed by atoms with Crippen molar-refractivity contribution in [2.75, 3.05) is 6.54 Å². The number of hydrogen-bond donors (Lipinski definition) is 0. The number of nitrogens with zero attached hydrogens (tertiary/aromatic N) is 2. The van der Waals surface area contributed by atoms with Crippen molar-refractivity contribution in [3.05, 3.63) is 77.6 Å². The average Bonchev–Trinajstić information content (AvgIpc) is 3.36. The van der Waals surface area contributed by atoms with Crippen LogP contribution in [0.4, 0.5) is 13.2 Å². The Morgan fingerprint density at radius 3 is 2.48 bits per heavy atom. The van der Waals surface area contributed by atoms with Crippen molar-refractivity contribution in [3.8, 4) is 11.8 Å². The second kappa shape index (κ2) is 8.56. The van der Waals surface area contributed by atoms with Crippen LogP contribution in [0.3, 0.4) is 0 Å². The Labute approximate surface area is 163 Å². The van der Waals surface area contributed by atoms with Gasteiger partial charge in [-0.3, -0.25) is 4.79 Å². The first kappa shape index (κ1) is 20.1. The Morgan fingerprint density at radius 2 is 1.86 bits per heavy atom. The topological polar surface area (TPSA) is 79.6 Å². The molecule has 0 atom stereocenters. The fraction of sp³-hybridized carbons (Fsp3) is 0.200. The van der Waals surface area contributed by atoms with Crippen molar-refractivity contribution in [1.29, 1.82) is 5.26 Å². The molecular weight excluding hydrogens is 389 g/mol. The number of carbonyl (C=O) groups is 1. The van der Waals surface area contributed by atoms with E-state index in [-0.39, 0.29) is 30.4 Å². The fourth-order valence-electron chi connectivity index (χ4n) is 2.51. The van der Waals surface area contributed by atoms with Gasteiger partial charge < -0.3 is 18.5 Å². The second-order valence-corrected chi connectivity index (χ2v) is 6.05. The second-order valence-electron chi connectivity index (χ2n) is 6.05. The fourth-order valence-corrected chi connectivity index (χ4v) is 2.51. The minimum Gasteiger partial charge on any atom is -0.486 e. The number of furan rings is 2. The predicted octanol–water partition coefficient (Wildman–Crippen LogP) is 4.53. The summed E-state index contributed by atoms with van der Waals surface area (Å²) in [5, 5.41) is 8.77. The molecule has 0 saturated heterocycles. The zero-order valence-corrected chi connectivity index (χ0v) is 15.0. The monoisotopic (exact) mass is 404 g/mol. The van der Waals surface area contributed by atoms with E-state index in [1.54, 1.807) is 24.3 Å². The third-order valence-electron chi connectivity index (χ3n) is 3.82. The molecule has 3 aromatic rings. The molecule has 2 heterocycles. The smallest absolute Gasteiger partial charge is 0.406 e. The molecule has 0 spiro atoms. The number of hydrogen-bond acceptors (Lipinski definition) is 5. The van der Waals surface area contributed by atoms with Gasteiger partial charge in [-0.15, -0.1) is 0 Å². The number of rotatable bonds is 7. The van der Waals surface area contributed by atoms with Gasteiger partial charge in [0, 0.05) is 0 Å². The maximum atomic E-state index is 12.9. The lowest BCUT2D eigenvalue weighted by atomic mass is 10.2. The molecule has 3 rings (SSSR count). The van der Waals surface area contributed by atoms with Crippen molar-refractivity contribution in [2.45, 2.75) is 19.3 Å². The molecule has 6 nitrogen and oxygen atoms in total. The predicted molar refractivity (Wildman–Crippen MR) is 93.7 cm³/mol. The summed E-state index contributed by atoms with van der Waals surface area (Å²) < 4.78 is 54.5. The standard InChI is InChI=1S/C20H15F3N2O4/c21-20(22,23)13-25(11-16-2-1-9-27-16)19(26)18-8-7-17(29-18)12-28-15-5-3-14(10-24)4-6-15/h1-9H,11-13H2. The minimum atomic E-state index is -4.57. The van der Waals surface area contributed by atoms with Gasteiger partial charge in [-0.1, -0.05) is 0 Å². The zero-order valence-electron chi connectivity index (χ0n) is 15.0. The first-order valence-corrected chi connectivity index (χ1v) is 8.44. The van der Waals surface area contributed by atoms with Crippen molar-refractivity contribution in [3.63, 3.8) is 0 Å².